The SMILES string of the molecule is C=CCN(CCOC)Cc1cc(CNC(C)(C)C)no1. The molecule has 0 aliphatic carbocycles. The van der Waals surface area contributed by atoms with E-state index in [1.165, 1.54) is 0 Å². The maximum absolute atomic E-state index is 5.38. The summed E-state index contributed by atoms with van der Waals surface area (Å²) < 4.78 is 10.5. The van der Waals surface area contributed by atoms with Crippen LogP contribution in [0.5, 0.6) is 0 Å². The predicted molar refractivity (Wildman–Crippen MR) is 80.4 cm³/mol. The summed E-state index contributed by atoms with van der Waals surface area (Å²) in [7, 11) is 1.71. The summed E-state index contributed by atoms with van der Waals surface area (Å²) in [6.45, 7) is 13.9. The van der Waals surface area contributed by atoms with Crippen molar-refractivity contribution in [1.82, 2.24) is 15.4 Å². The van der Waals surface area contributed by atoms with Crippen molar-refractivity contribution in [3.8, 4) is 0 Å². The van der Waals surface area contributed by atoms with Gasteiger partial charge in [0.2, 0.25) is 0 Å². The van der Waals surface area contributed by atoms with Gasteiger partial charge in [-0.2, -0.15) is 0 Å². The van der Waals surface area contributed by atoms with Crippen LogP contribution in [0.2, 0.25) is 0 Å². The zero-order valence-corrected chi connectivity index (χ0v) is 13.1. The van der Waals surface area contributed by atoms with Crippen molar-refractivity contribution in [3.05, 3.63) is 30.2 Å². The van der Waals surface area contributed by atoms with Crippen molar-refractivity contribution in [2.45, 2.75) is 39.4 Å². The van der Waals surface area contributed by atoms with E-state index in [9.17, 15) is 0 Å². The van der Waals surface area contributed by atoms with E-state index in [2.05, 4.69) is 42.7 Å². The highest BCUT2D eigenvalue weighted by Crippen LogP contribution is 2.09. The molecular formula is C15H27N3O2. The van der Waals surface area contributed by atoms with Crippen LogP contribution in [0, 0.1) is 0 Å². The molecule has 0 spiro atoms. The van der Waals surface area contributed by atoms with Crippen LogP contribution >= 0.6 is 0 Å². The summed E-state index contributed by atoms with van der Waals surface area (Å²) in [5.74, 6) is 0.869. The zero-order chi connectivity index (χ0) is 15.0. The second kappa shape index (κ2) is 8.19. The van der Waals surface area contributed by atoms with Crippen molar-refractivity contribution in [1.29, 1.82) is 0 Å². The minimum absolute atomic E-state index is 0.0758. The molecule has 0 aliphatic heterocycles. The second-order valence-corrected chi connectivity index (χ2v) is 5.90. The molecule has 114 valence electrons. The number of hydrogen-bond acceptors (Lipinski definition) is 5. The first-order chi connectivity index (χ1) is 9.44. The first-order valence-corrected chi connectivity index (χ1v) is 6.96. The average molecular weight is 281 g/mol. The van der Waals surface area contributed by atoms with Gasteiger partial charge >= 0.3 is 0 Å². The van der Waals surface area contributed by atoms with Crippen molar-refractivity contribution in [2.75, 3.05) is 26.8 Å². The number of aromatic nitrogens is 1. The van der Waals surface area contributed by atoms with E-state index in [1.54, 1.807) is 7.11 Å². The third kappa shape index (κ3) is 6.84. The van der Waals surface area contributed by atoms with Crippen molar-refractivity contribution in [2.24, 2.45) is 0 Å². The highest BCUT2D eigenvalue weighted by molar-refractivity contribution is 5.05. The van der Waals surface area contributed by atoms with E-state index in [0.29, 0.717) is 13.2 Å². The summed E-state index contributed by atoms with van der Waals surface area (Å²) in [6, 6.07) is 2.00. The van der Waals surface area contributed by atoms with Crippen LogP contribution < -0.4 is 5.32 Å². The Labute approximate surface area is 122 Å². The lowest BCUT2D eigenvalue weighted by Crippen LogP contribution is -2.35. The minimum Gasteiger partial charge on any atom is -0.383 e. The van der Waals surface area contributed by atoms with Crippen LogP contribution in [-0.2, 0) is 17.8 Å². The van der Waals surface area contributed by atoms with Gasteiger partial charge in [-0.1, -0.05) is 11.2 Å². The number of nitrogens with one attached hydrogen (secondary N) is 1. The Kier molecular flexibility index (Phi) is 6.91. The molecule has 0 fully saturated rings. The molecule has 0 atom stereocenters. The minimum atomic E-state index is 0.0758. The summed E-state index contributed by atoms with van der Waals surface area (Å²) in [5.41, 5.74) is 1.01. The van der Waals surface area contributed by atoms with Crippen LogP contribution in [0.4, 0.5) is 0 Å². The Morgan fingerprint density at radius 1 is 1.50 bits per heavy atom. The molecule has 1 rings (SSSR count). The number of nitrogens with zero attached hydrogens (tertiary/aromatic N) is 2. The quantitative estimate of drug-likeness (QED) is 0.703. The lowest BCUT2D eigenvalue weighted by molar-refractivity contribution is 0.144. The van der Waals surface area contributed by atoms with E-state index >= 15 is 0 Å². The Hall–Kier alpha value is -1.17. The number of rotatable bonds is 9. The van der Waals surface area contributed by atoms with Gasteiger partial charge in [0, 0.05) is 38.3 Å². The van der Waals surface area contributed by atoms with Gasteiger partial charge in [-0.15, -0.1) is 6.58 Å². The van der Waals surface area contributed by atoms with Gasteiger partial charge in [-0.25, -0.2) is 0 Å². The molecule has 0 aliphatic rings. The number of ether oxygens (including phenoxy) is 1. The summed E-state index contributed by atoms with van der Waals surface area (Å²) in [5, 5.41) is 7.48. The molecule has 0 aromatic carbocycles. The molecule has 0 amide bonds. The van der Waals surface area contributed by atoms with Gasteiger partial charge in [0.1, 0.15) is 0 Å². The molecule has 1 aromatic rings. The third-order valence-corrected chi connectivity index (χ3v) is 2.79. The third-order valence-electron chi connectivity index (χ3n) is 2.79. The predicted octanol–water partition coefficient (Wildman–Crippen LogP) is 2.20. The van der Waals surface area contributed by atoms with E-state index in [-0.39, 0.29) is 5.54 Å². The fourth-order valence-corrected chi connectivity index (χ4v) is 1.73. The normalized spacial score (nSPS) is 12.1. The molecule has 0 saturated heterocycles. The van der Waals surface area contributed by atoms with Crippen LogP contribution in [0.1, 0.15) is 32.2 Å². The van der Waals surface area contributed by atoms with Gasteiger partial charge in [-0.05, 0) is 20.8 Å². The highest BCUT2D eigenvalue weighted by Gasteiger charge is 2.12. The van der Waals surface area contributed by atoms with Gasteiger partial charge in [0.05, 0.1) is 18.8 Å². The van der Waals surface area contributed by atoms with Crippen molar-refractivity contribution < 1.29 is 9.26 Å². The monoisotopic (exact) mass is 281 g/mol. The first kappa shape index (κ1) is 16.9. The molecule has 0 saturated carbocycles. The Morgan fingerprint density at radius 3 is 2.85 bits per heavy atom. The van der Waals surface area contributed by atoms with Crippen LogP contribution in [0.3, 0.4) is 0 Å². The number of methoxy groups -OCH3 is 1. The number of hydrogen-bond donors (Lipinski definition) is 1. The lowest BCUT2D eigenvalue weighted by atomic mass is 10.1. The Bertz CT molecular complexity index is 396. The lowest BCUT2D eigenvalue weighted by Gasteiger charge is -2.19. The molecule has 0 unspecified atom stereocenters. The average Bonchev–Trinajstić information content (AvgIpc) is 2.81. The molecule has 5 nitrogen and oxygen atoms in total. The summed E-state index contributed by atoms with van der Waals surface area (Å²) in [6.07, 6.45) is 1.88. The first-order valence-electron chi connectivity index (χ1n) is 6.96. The van der Waals surface area contributed by atoms with Gasteiger partial charge < -0.3 is 14.6 Å². The standard InChI is InChI=1S/C15H27N3O2/c1-6-7-18(8-9-19-5)12-14-10-13(17-20-14)11-16-15(2,3)4/h6,10,16H,1,7-9,11-12H2,2-5H3. The van der Waals surface area contributed by atoms with Crippen LogP contribution in [0.25, 0.3) is 0 Å². The maximum Gasteiger partial charge on any atom is 0.151 e. The Balaban J connectivity index is 2.50. The largest absolute Gasteiger partial charge is 0.383 e. The van der Waals surface area contributed by atoms with E-state index < -0.39 is 0 Å². The van der Waals surface area contributed by atoms with Gasteiger partial charge in [0.25, 0.3) is 0 Å². The molecule has 0 radical (unpaired) electrons. The topological polar surface area (TPSA) is 50.5 Å². The summed E-state index contributed by atoms with van der Waals surface area (Å²) in [4.78, 5) is 2.21. The van der Waals surface area contributed by atoms with Crippen molar-refractivity contribution >= 4 is 0 Å². The highest BCUT2D eigenvalue weighted by atomic mass is 16.5. The molecule has 1 N–H and O–H groups in total. The molecule has 20 heavy (non-hydrogen) atoms. The van der Waals surface area contributed by atoms with Crippen LogP contribution in [-0.4, -0.2) is 42.4 Å². The molecule has 1 heterocycles. The summed E-state index contributed by atoms with van der Waals surface area (Å²) >= 11 is 0. The molecule has 5 heteroatoms. The Morgan fingerprint density at radius 2 is 2.25 bits per heavy atom. The molecular weight excluding hydrogens is 254 g/mol. The van der Waals surface area contributed by atoms with E-state index in [4.69, 9.17) is 9.26 Å². The van der Waals surface area contributed by atoms with Gasteiger partial charge in [0.15, 0.2) is 5.76 Å². The zero-order valence-electron chi connectivity index (χ0n) is 13.1. The second-order valence-electron chi connectivity index (χ2n) is 5.90. The smallest absolute Gasteiger partial charge is 0.151 e. The van der Waals surface area contributed by atoms with Crippen LogP contribution in [0.15, 0.2) is 23.2 Å². The molecule has 0 bridgehead atoms. The van der Waals surface area contributed by atoms with Gasteiger partial charge in [-0.3, -0.25) is 4.90 Å². The fraction of sp³-hybridized carbons (Fsp3) is 0.667. The fourth-order valence-electron chi connectivity index (χ4n) is 1.73. The van der Waals surface area contributed by atoms with E-state index in [0.717, 1.165) is 31.1 Å². The van der Waals surface area contributed by atoms with E-state index in [1.807, 2.05) is 12.1 Å². The molecule has 1 aromatic heterocycles. The maximum atomic E-state index is 5.38. The van der Waals surface area contributed by atoms with Crippen molar-refractivity contribution in [3.63, 3.8) is 0 Å².